The molecule has 1 fully saturated rings. The number of nitrogens with one attached hydrogen (secondary N) is 1. The molecule has 0 spiro atoms. The minimum Gasteiger partial charge on any atom is -0.507 e. The third kappa shape index (κ3) is 4.83. The first-order valence-electron chi connectivity index (χ1n) is 12.1. The lowest BCUT2D eigenvalue weighted by Gasteiger charge is -2.32. The van der Waals surface area contributed by atoms with Gasteiger partial charge in [0.25, 0.3) is 11.8 Å². The van der Waals surface area contributed by atoms with E-state index < -0.39 is 5.91 Å². The fourth-order valence-corrected chi connectivity index (χ4v) is 4.39. The van der Waals surface area contributed by atoms with Gasteiger partial charge >= 0.3 is 0 Å². The van der Waals surface area contributed by atoms with Gasteiger partial charge in [0.05, 0.1) is 25.5 Å². The Morgan fingerprint density at radius 3 is 2.42 bits per heavy atom. The lowest BCUT2D eigenvalue weighted by Crippen LogP contribution is -2.47. The van der Waals surface area contributed by atoms with Crippen LogP contribution in [0.4, 0.5) is 5.69 Å². The maximum absolute atomic E-state index is 13.0. The van der Waals surface area contributed by atoms with Crippen LogP contribution in [-0.4, -0.2) is 88.8 Å². The van der Waals surface area contributed by atoms with E-state index in [0.29, 0.717) is 41.6 Å². The molecule has 38 heavy (non-hydrogen) atoms. The third-order valence-electron chi connectivity index (χ3n) is 6.55. The van der Waals surface area contributed by atoms with E-state index in [1.807, 2.05) is 19.2 Å². The van der Waals surface area contributed by atoms with E-state index in [-0.39, 0.29) is 22.9 Å². The predicted molar refractivity (Wildman–Crippen MR) is 141 cm³/mol. The Labute approximate surface area is 219 Å². The highest BCUT2D eigenvalue weighted by Crippen LogP contribution is 2.32. The molecule has 1 aliphatic heterocycles. The number of piperazine rings is 1. The quantitative estimate of drug-likeness (QED) is 0.401. The first kappa shape index (κ1) is 25.0. The molecule has 11 nitrogen and oxygen atoms in total. The molecule has 5 rings (SSSR count). The second-order valence-corrected chi connectivity index (χ2v) is 8.98. The number of rotatable bonds is 6. The molecule has 11 heteroatoms. The van der Waals surface area contributed by atoms with Crippen LogP contribution in [0.5, 0.6) is 17.2 Å². The largest absolute Gasteiger partial charge is 0.507 e. The molecule has 1 saturated heterocycles. The van der Waals surface area contributed by atoms with Crippen LogP contribution in [0.25, 0.3) is 16.9 Å². The van der Waals surface area contributed by atoms with E-state index in [0.717, 1.165) is 18.7 Å². The standard InChI is InChI=1S/C27H28N6O5/c1-31-10-12-32(13-11-31)27(36)19-6-5-18(15-22(19)34)29-26(35)20-16-25-28-9-8-21(33(25)30-20)17-4-7-23(37-2)24(14-17)38-3/h4-9,14-16,34H,10-13H2,1-3H3,(H,29,35). The summed E-state index contributed by atoms with van der Waals surface area (Å²) in [6, 6.07) is 13.3. The highest BCUT2D eigenvalue weighted by molar-refractivity contribution is 6.04. The van der Waals surface area contributed by atoms with Crippen molar-refractivity contribution in [1.29, 1.82) is 0 Å². The number of carbonyl (C=O) groups excluding carboxylic acids is 2. The van der Waals surface area contributed by atoms with Crippen molar-refractivity contribution in [2.24, 2.45) is 0 Å². The van der Waals surface area contributed by atoms with Crippen LogP contribution < -0.4 is 14.8 Å². The smallest absolute Gasteiger partial charge is 0.276 e. The molecule has 0 bridgehead atoms. The van der Waals surface area contributed by atoms with Gasteiger partial charge in [0, 0.05) is 55.8 Å². The van der Waals surface area contributed by atoms with Crippen molar-refractivity contribution in [2.45, 2.75) is 0 Å². The first-order chi connectivity index (χ1) is 18.4. The van der Waals surface area contributed by atoms with Gasteiger partial charge in [-0.2, -0.15) is 5.10 Å². The molecular weight excluding hydrogens is 488 g/mol. The van der Waals surface area contributed by atoms with Crippen molar-refractivity contribution >= 4 is 23.1 Å². The summed E-state index contributed by atoms with van der Waals surface area (Å²) in [4.78, 5) is 34.0. The number of aromatic nitrogens is 3. The number of hydrogen-bond acceptors (Lipinski definition) is 8. The van der Waals surface area contributed by atoms with Crippen LogP contribution in [0.2, 0.25) is 0 Å². The van der Waals surface area contributed by atoms with Crippen molar-refractivity contribution < 1.29 is 24.2 Å². The topological polar surface area (TPSA) is 122 Å². The molecule has 196 valence electrons. The third-order valence-corrected chi connectivity index (χ3v) is 6.55. The molecule has 2 amide bonds. The van der Waals surface area contributed by atoms with Gasteiger partial charge in [-0.1, -0.05) is 0 Å². The Morgan fingerprint density at radius 2 is 1.71 bits per heavy atom. The normalized spacial score (nSPS) is 13.9. The number of methoxy groups -OCH3 is 2. The predicted octanol–water partition coefficient (Wildman–Crippen LogP) is 2.76. The van der Waals surface area contributed by atoms with E-state index in [2.05, 4.69) is 20.3 Å². The fourth-order valence-electron chi connectivity index (χ4n) is 4.39. The zero-order valence-electron chi connectivity index (χ0n) is 21.3. The first-order valence-corrected chi connectivity index (χ1v) is 12.1. The average molecular weight is 517 g/mol. The zero-order chi connectivity index (χ0) is 26.8. The van der Waals surface area contributed by atoms with E-state index in [9.17, 15) is 14.7 Å². The van der Waals surface area contributed by atoms with Crippen molar-refractivity contribution in [3.63, 3.8) is 0 Å². The Morgan fingerprint density at radius 1 is 0.947 bits per heavy atom. The number of ether oxygens (including phenoxy) is 2. The summed E-state index contributed by atoms with van der Waals surface area (Å²) in [5, 5.41) is 17.7. The molecule has 3 heterocycles. The van der Waals surface area contributed by atoms with Gasteiger partial charge in [0.2, 0.25) is 0 Å². The Kier molecular flexibility index (Phi) is 6.84. The van der Waals surface area contributed by atoms with Crippen LogP contribution in [0.15, 0.2) is 54.7 Å². The molecule has 0 aliphatic carbocycles. The number of nitrogens with zero attached hydrogens (tertiary/aromatic N) is 5. The summed E-state index contributed by atoms with van der Waals surface area (Å²) in [5.41, 5.74) is 2.67. The van der Waals surface area contributed by atoms with Gasteiger partial charge in [-0.25, -0.2) is 9.50 Å². The van der Waals surface area contributed by atoms with Gasteiger partial charge < -0.3 is 29.7 Å². The second kappa shape index (κ2) is 10.4. The maximum Gasteiger partial charge on any atom is 0.276 e. The Hall–Kier alpha value is -4.64. The van der Waals surface area contributed by atoms with Gasteiger partial charge in [-0.3, -0.25) is 9.59 Å². The minimum atomic E-state index is -0.480. The Bertz CT molecular complexity index is 1510. The maximum atomic E-state index is 13.0. The van der Waals surface area contributed by atoms with Crippen molar-refractivity contribution in [2.75, 3.05) is 52.8 Å². The van der Waals surface area contributed by atoms with Crippen LogP contribution in [0.3, 0.4) is 0 Å². The van der Waals surface area contributed by atoms with E-state index >= 15 is 0 Å². The lowest BCUT2D eigenvalue weighted by atomic mass is 10.1. The molecule has 2 aromatic heterocycles. The zero-order valence-corrected chi connectivity index (χ0v) is 21.3. The summed E-state index contributed by atoms with van der Waals surface area (Å²) >= 11 is 0. The number of carbonyl (C=O) groups is 2. The highest BCUT2D eigenvalue weighted by atomic mass is 16.5. The molecule has 2 aromatic carbocycles. The molecule has 4 aromatic rings. The van der Waals surface area contributed by atoms with Crippen LogP contribution >= 0.6 is 0 Å². The summed E-state index contributed by atoms with van der Waals surface area (Å²) in [6.45, 7) is 2.76. The average Bonchev–Trinajstić information content (AvgIpc) is 3.38. The summed E-state index contributed by atoms with van der Waals surface area (Å²) < 4.78 is 12.3. The molecule has 0 saturated carbocycles. The highest BCUT2D eigenvalue weighted by Gasteiger charge is 2.23. The van der Waals surface area contributed by atoms with Gasteiger partial charge in [0.15, 0.2) is 22.8 Å². The molecule has 0 atom stereocenters. The second-order valence-electron chi connectivity index (χ2n) is 8.98. The number of anilines is 1. The summed E-state index contributed by atoms with van der Waals surface area (Å²) in [5.74, 6) is 0.254. The number of benzene rings is 2. The van der Waals surface area contributed by atoms with Crippen molar-refractivity contribution in [1.82, 2.24) is 24.4 Å². The number of amides is 2. The molecule has 0 unspecified atom stereocenters. The fraction of sp³-hybridized carbons (Fsp3) is 0.259. The molecule has 1 aliphatic rings. The van der Waals surface area contributed by atoms with Crippen LogP contribution in [0.1, 0.15) is 20.8 Å². The molecule has 2 N–H and O–H groups in total. The van der Waals surface area contributed by atoms with Gasteiger partial charge in [-0.05, 0) is 43.4 Å². The Balaban J connectivity index is 1.36. The SMILES string of the molecule is COc1ccc(-c2ccnc3cc(C(=O)Nc4ccc(C(=O)N5CCN(C)CC5)c(O)c4)nn23)cc1OC. The van der Waals surface area contributed by atoms with Crippen molar-refractivity contribution in [3.8, 4) is 28.5 Å². The number of phenolic OH excluding ortho intramolecular Hbond substituents is 1. The molecular formula is C27H28N6O5. The van der Waals surface area contributed by atoms with Gasteiger partial charge in [0.1, 0.15) is 5.75 Å². The number of fused-ring (bicyclic) bond motifs is 1. The number of hydrogen-bond donors (Lipinski definition) is 2. The van der Waals surface area contributed by atoms with Crippen molar-refractivity contribution in [3.05, 3.63) is 66.0 Å². The number of likely N-dealkylation sites (N-methyl/N-ethyl adjacent to an activating group) is 1. The van der Waals surface area contributed by atoms with E-state index in [1.54, 1.807) is 54.1 Å². The monoisotopic (exact) mass is 516 g/mol. The summed E-state index contributed by atoms with van der Waals surface area (Å²) in [7, 11) is 5.14. The molecule has 0 radical (unpaired) electrons. The van der Waals surface area contributed by atoms with E-state index in [4.69, 9.17) is 9.47 Å². The number of aromatic hydroxyl groups is 1. The van der Waals surface area contributed by atoms with Gasteiger partial charge in [-0.15, -0.1) is 0 Å². The minimum absolute atomic E-state index is 0.141. The van der Waals surface area contributed by atoms with Crippen LogP contribution in [-0.2, 0) is 0 Å². The number of phenols is 1. The summed E-state index contributed by atoms with van der Waals surface area (Å²) in [6.07, 6.45) is 1.64. The van der Waals surface area contributed by atoms with Crippen LogP contribution in [0, 0.1) is 0 Å². The lowest BCUT2D eigenvalue weighted by molar-refractivity contribution is 0.0661. The van der Waals surface area contributed by atoms with E-state index in [1.165, 1.54) is 12.1 Å².